The van der Waals surface area contributed by atoms with Crippen molar-refractivity contribution in [1.29, 1.82) is 0 Å². The Labute approximate surface area is 78.1 Å². The van der Waals surface area contributed by atoms with Crippen LogP contribution in [-0.2, 0) is 6.54 Å². The second-order valence-electron chi connectivity index (χ2n) is 2.78. The number of hydrogen-bond acceptors (Lipinski definition) is 3. The number of hydrogen-bond donors (Lipinski definition) is 2. The van der Waals surface area contributed by atoms with Gasteiger partial charge in [-0.25, -0.2) is 0 Å². The number of rotatable bonds is 3. The average Bonchev–Trinajstić information content (AvgIpc) is 2.47. The van der Waals surface area contributed by atoms with Gasteiger partial charge in [-0.05, 0) is 0 Å². The molecule has 1 rings (SSSR count). The second-order valence-corrected chi connectivity index (χ2v) is 2.78. The molecule has 4 nitrogen and oxygen atoms in total. The molecule has 0 fully saturated rings. The van der Waals surface area contributed by atoms with Crippen molar-refractivity contribution in [3.05, 3.63) is 12.4 Å². The summed E-state index contributed by atoms with van der Waals surface area (Å²) in [4.78, 5) is 0. The smallest absolute Gasteiger partial charge is 0.423 e. The monoisotopic (exact) mass is 208 g/mol. The first-order chi connectivity index (χ1) is 6.38. The summed E-state index contributed by atoms with van der Waals surface area (Å²) in [7, 11) is -1.70. The molecule has 0 bridgehead atoms. The highest BCUT2D eigenvalue weighted by Gasteiger charge is 2.27. The van der Waals surface area contributed by atoms with Gasteiger partial charge in [0.1, 0.15) is 0 Å². The minimum Gasteiger partial charge on any atom is -0.423 e. The molecule has 1 aromatic rings. The van der Waals surface area contributed by atoms with Gasteiger partial charge in [0.25, 0.3) is 0 Å². The molecular formula is C6H8BF3N2O2. The lowest BCUT2D eigenvalue weighted by atomic mass is 9.83. The van der Waals surface area contributed by atoms with Crippen LogP contribution in [0.1, 0.15) is 6.42 Å². The highest BCUT2D eigenvalue weighted by molar-refractivity contribution is 6.58. The van der Waals surface area contributed by atoms with Gasteiger partial charge >= 0.3 is 13.3 Å². The fourth-order valence-electron chi connectivity index (χ4n) is 0.877. The molecule has 1 heterocycles. The third-order valence-electron chi connectivity index (χ3n) is 1.58. The molecule has 0 radical (unpaired) electrons. The van der Waals surface area contributed by atoms with E-state index in [0.29, 0.717) is 0 Å². The molecule has 1 aromatic heterocycles. The number of aryl methyl sites for hydroxylation is 1. The van der Waals surface area contributed by atoms with E-state index in [1.54, 1.807) is 0 Å². The van der Waals surface area contributed by atoms with Crippen molar-refractivity contribution in [1.82, 2.24) is 9.78 Å². The number of nitrogens with zero attached hydrogens (tertiary/aromatic N) is 2. The predicted molar refractivity (Wildman–Crippen MR) is 42.7 cm³/mol. The van der Waals surface area contributed by atoms with Crippen molar-refractivity contribution in [2.75, 3.05) is 0 Å². The Hall–Kier alpha value is -1.02. The Morgan fingerprint density at radius 1 is 1.43 bits per heavy atom. The largest absolute Gasteiger partial charge is 0.491 e. The molecule has 0 unspecified atom stereocenters. The van der Waals surface area contributed by atoms with Crippen LogP contribution in [0.5, 0.6) is 0 Å². The van der Waals surface area contributed by atoms with Gasteiger partial charge in [-0.15, -0.1) is 0 Å². The molecule has 0 saturated heterocycles. The van der Waals surface area contributed by atoms with E-state index in [1.165, 1.54) is 0 Å². The standard InChI is InChI=1S/C6H8BF3N2O2/c8-6(9,10)1-2-12-4-5(3-11-12)7(13)14/h3-4,13-14H,1-2H2. The maximum absolute atomic E-state index is 11.8. The van der Waals surface area contributed by atoms with Crippen LogP contribution < -0.4 is 5.46 Å². The average molecular weight is 208 g/mol. The van der Waals surface area contributed by atoms with Gasteiger partial charge in [0.05, 0.1) is 6.42 Å². The summed E-state index contributed by atoms with van der Waals surface area (Å²) >= 11 is 0. The fraction of sp³-hybridized carbons (Fsp3) is 0.500. The van der Waals surface area contributed by atoms with E-state index in [2.05, 4.69) is 5.10 Å². The third kappa shape index (κ3) is 3.39. The summed E-state index contributed by atoms with van der Waals surface area (Å²) < 4.78 is 36.3. The van der Waals surface area contributed by atoms with Crippen LogP contribution >= 0.6 is 0 Å². The zero-order chi connectivity index (χ0) is 10.8. The molecule has 0 saturated carbocycles. The molecule has 2 N–H and O–H groups in total. The molecular weight excluding hydrogens is 200 g/mol. The molecule has 0 aliphatic carbocycles. The second kappa shape index (κ2) is 4.01. The maximum Gasteiger partial charge on any atom is 0.491 e. The molecule has 0 amide bonds. The van der Waals surface area contributed by atoms with E-state index in [-0.39, 0.29) is 12.0 Å². The Morgan fingerprint density at radius 2 is 2.07 bits per heavy atom. The Bertz CT molecular complexity index is 300. The first-order valence-corrected chi connectivity index (χ1v) is 3.84. The van der Waals surface area contributed by atoms with Gasteiger partial charge in [0.2, 0.25) is 0 Å². The topological polar surface area (TPSA) is 58.3 Å². The molecule has 0 aromatic carbocycles. The summed E-state index contributed by atoms with van der Waals surface area (Å²) in [6.07, 6.45) is -2.95. The van der Waals surface area contributed by atoms with E-state index in [1.807, 2.05) is 0 Å². The van der Waals surface area contributed by atoms with Crippen LogP contribution in [0.3, 0.4) is 0 Å². The zero-order valence-electron chi connectivity index (χ0n) is 7.07. The first kappa shape index (κ1) is 11.1. The number of alkyl halides is 3. The molecule has 78 valence electrons. The Kier molecular flexibility index (Phi) is 3.17. The normalized spacial score (nSPS) is 11.8. The van der Waals surface area contributed by atoms with Crippen molar-refractivity contribution in [2.45, 2.75) is 19.1 Å². The number of halogens is 3. The van der Waals surface area contributed by atoms with Crippen LogP contribution in [0.4, 0.5) is 13.2 Å². The van der Waals surface area contributed by atoms with E-state index < -0.39 is 19.7 Å². The summed E-state index contributed by atoms with van der Waals surface area (Å²) in [5.41, 5.74) is 0.0761. The predicted octanol–water partition coefficient (Wildman–Crippen LogP) is -0.485. The van der Waals surface area contributed by atoms with Crippen LogP contribution in [0.2, 0.25) is 0 Å². The highest BCUT2D eigenvalue weighted by Crippen LogP contribution is 2.19. The van der Waals surface area contributed by atoms with Crippen LogP contribution in [0.15, 0.2) is 12.4 Å². The summed E-state index contributed by atoms with van der Waals surface area (Å²) in [5, 5.41) is 20.8. The minimum atomic E-state index is -4.23. The lowest BCUT2D eigenvalue weighted by Gasteiger charge is -2.05. The van der Waals surface area contributed by atoms with Gasteiger partial charge in [0, 0.05) is 24.4 Å². The lowest BCUT2D eigenvalue weighted by molar-refractivity contribution is -0.137. The maximum atomic E-state index is 11.8. The van der Waals surface area contributed by atoms with Crippen molar-refractivity contribution in [3.8, 4) is 0 Å². The van der Waals surface area contributed by atoms with Gasteiger partial charge in [-0.3, -0.25) is 4.68 Å². The van der Waals surface area contributed by atoms with Crippen LogP contribution in [0, 0.1) is 0 Å². The molecule has 14 heavy (non-hydrogen) atoms. The molecule has 0 aliphatic heterocycles. The van der Waals surface area contributed by atoms with Crippen molar-refractivity contribution < 1.29 is 23.2 Å². The van der Waals surface area contributed by atoms with Crippen molar-refractivity contribution >= 4 is 12.6 Å². The van der Waals surface area contributed by atoms with Crippen molar-refractivity contribution in [3.63, 3.8) is 0 Å². The third-order valence-corrected chi connectivity index (χ3v) is 1.58. The minimum absolute atomic E-state index is 0.0761. The van der Waals surface area contributed by atoms with Gasteiger partial charge in [-0.1, -0.05) is 0 Å². The SMILES string of the molecule is OB(O)c1cnn(CCC(F)(F)F)c1. The van der Waals surface area contributed by atoms with E-state index >= 15 is 0 Å². The summed E-state index contributed by atoms with van der Waals surface area (Å²) in [6, 6.07) is 0. The van der Waals surface area contributed by atoms with Crippen LogP contribution in [-0.4, -0.2) is 33.1 Å². The first-order valence-electron chi connectivity index (χ1n) is 3.84. The molecule has 0 spiro atoms. The molecule has 0 atom stereocenters. The van der Waals surface area contributed by atoms with E-state index in [9.17, 15) is 13.2 Å². The van der Waals surface area contributed by atoms with Gasteiger partial charge in [-0.2, -0.15) is 18.3 Å². The van der Waals surface area contributed by atoms with E-state index in [0.717, 1.165) is 17.1 Å². The highest BCUT2D eigenvalue weighted by atomic mass is 19.4. The quantitative estimate of drug-likeness (QED) is 0.659. The van der Waals surface area contributed by atoms with Crippen molar-refractivity contribution in [2.24, 2.45) is 0 Å². The van der Waals surface area contributed by atoms with E-state index in [4.69, 9.17) is 10.0 Å². The zero-order valence-corrected chi connectivity index (χ0v) is 7.07. The van der Waals surface area contributed by atoms with Gasteiger partial charge < -0.3 is 10.0 Å². The summed E-state index contributed by atoms with van der Waals surface area (Å²) in [6.45, 7) is -0.323. The fourth-order valence-corrected chi connectivity index (χ4v) is 0.877. The molecule has 0 aliphatic rings. The Morgan fingerprint density at radius 3 is 2.50 bits per heavy atom. The van der Waals surface area contributed by atoms with Crippen LogP contribution in [0.25, 0.3) is 0 Å². The van der Waals surface area contributed by atoms with Gasteiger partial charge in [0.15, 0.2) is 0 Å². The number of aromatic nitrogens is 2. The molecule has 8 heteroatoms. The lowest BCUT2D eigenvalue weighted by Crippen LogP contribution is -2.28. The Balaban J connectivity index is 2.52. The summed E-state index contributed by atoms with van der Waals surface area (Å²) in [5.74, 6) is 0.